The van der Waals surface area contributed by atoms with Gasteiger partial charge in [0.05, 0.1) is 10.5 Å². The molecule has 8 heteroatoms. The fourth-order valence-electron chi connectivity index (χ4n) is 1.46. The number of imide groups is 1. The number of halogens is 4. The van der Waals surface area contributed by atoms with Crippen LogP contribution in [0.25, 0.3) is 6.08 Å². The molecule has 1 aromatic rings. The normalized spacial score (nSPS) is 18.0. The van der Waals surface area contributed by atoms with E-state index in [1.54, 1.807) is 0 Å². The second-order valence-electron chi connectivity index (χ2n) is 3.58. The molecule has 0 aromatic heterocycles. The number of carbonyl (C=O) groups excluding carboxylic acids is 2. The van der Waals surface area contributed by atoms with Gasteiger partial charge in [-0.15, -0.1) is 0 Å². The number of thioether (sulfide) groups is 1. The predicted molar refractivity (Wildman–Crippen MR) is 60.5 cm³/mol. The number of alkyl halides is 3. The number of nitrogens with one attached hydrogen (secondary N) is 1. The highest BCUT2D eigenvalue weighted by atomic mass is 32.2. The van der Waals surface area contributed by atoms with E-state index in [-0.39, 0.29) is 10.5 Å². The molecule has 1 aromatic carbocycles. The Balaban J connectivity index is 2.49. The maximum Gasteiger partial charge on any atom is 0.417 e. The zero-order chi connectivity index (χ0) is 14.2. The Bertz CT molecular complexity index is 595. The summed E-state index contributed by atoms with van der Waals surface area (Å²) in [6.45, 7) is 0. The summed E-state index contributed by atoms with van der Waals surface area (Å²) in [7, 11) is 0. The average Bonchev–Trinajstić information content (AvgIpc) is 2.58. The van der Waals surface area contributed by atoms with Gasteiger partial charge in [0.2, 0.25) is 0 Å². The zero-order valence-electron chi connectivity index (χ0n) is 9.05. The van der Waals surface area contributed by atoms with Crippen LogP contribution in [0.15, 0.2) is 23.1 Å². The van der Waals surface area contributed by atoms with Crippen molar-refractivity contribution in [1.82, 2.24) is 5.32 Å². The van der Waals surface area contributed by atoms with E-state index in [4.69, 9.17) is 0 Å². The number of benzene rings is 1. The summed E-state index contributed by atoms with van der Waals surface area (Å²) in [6.07, 6.45) is -3.84. The van der Waals surface area contributed by atoms with E-state index < -0.39 is 28.7 Å². The highest BCUT2D eigenvalue weighted by molar-refractivity contribution is 8.18. The lowest BCUT2D eigenvalue weighted by atomic mass is 10.1. The Hall–Kier alpha value is -1.83. The third-order valence-electron chi connectivity index (χ3n) is 2.25. The Morgan fingerprint density at radius 2 is 1.89 bits per heavy atom. The molecule has 0 unspecified atom stereocenters. The molecule has 0 radical (unpaired) electrons. The minimum Gasteiger partial charge on any atom is -0.282 e. The van der Waals surface area contributed by atoms with Crippen molar-refractivity contribution in [1.29, 1.82) is 0 Å². The van der Waals surface area contributed by atoms with Crippen LogP contribution in [0.4, 0.5) is 22.4 Å². The van der Waals surface area contributed by atoms with Crippen molar-refractivity contribution in [3.63, 3.8) is 0 Å². The first kappa shape index (κ1) is 13.6. The van der Waals surface area contributed by atoms with Crippen LogP contribution in [0.1, 0.15) is 11.1 Å². The van der Waals surface area contributed by atoms with Crippen LogP contribution in [-0.4, -0.2) is 11.1 Å². The van der Waals surface area contributed by atoms with Crippen molar-refractivity contribution >= 4 is 29.0 Å². The molecule has 0 saturated carbocycles. The molecule has 2 rings (SSSR count). The number of hydrogen-bond donors (Lipinski definition) is 1. The monoisotopic (exact) mass is 291 g/mol. The summed E-state index contributed by atoms with van der Waals surface area (Å²) in [5.41, 5.74) is -1.58. The van der Waals surface area contributed by atoms with Crippen molar-refractivity contribution in [2.75, 3.05) is 0 Å². The third-order valence-corrected chi connectivity index (χ3v) is 3.06. The first-order valence-corrected chi connectivity index (χ1v) is 5.70. The van der Waals surface area contributed by atoms with Gasteiger partial charge in [-0.2, -0.15) is 13.2 Å². The van der Waals surface area contributed by atoms with Gasteiger partial charge in [-0.05, 0) is 35.5 Å². The summed E-state index contributed by atoms with van der Waals surface area (Å²) in [5, 5.41) is 1.26. The van der Waals surface area contributed by atoms with Crippen LogP contribution >= 0.6 is 11.8 Å². The predicted octanol–water partition coefficient (Wildman–Crippen LogP) is 3.17. The molecule has 1 heterocycles. The van der Waals surface area contributed by atoms with Crippen LogP contribution in [-0.2, 0) is 11.0 Å². The first-order valence-electron chi connectivity index (χ1n) is 4.89. The fourth-order valence-corrected chi connectivity index (χ4v) is 2.14. The van der Waals surface area contributed by atoms with Crippen LogP contribution < -0.4 is 5.32 Å². The van der Waals surface area contributed by atoms with E-state index in [9.17, 15) is 27.2 Å². The highest BCUT2D eigenvalue weighted by Crippen LogP contribution is 2.35. The molecule has 3 nitrogen and oxygen atoms in total. The molecular weight excluding hydrogens is 286 g/mol. The van der Waals surface area contributed by atoms with Gasteiger partial charge < -0.3 is 0 Å². The molecule has 1 aliphatic rings. The third kappa shape index (κ3) is 2.95. The van der Waals surface area contributed by atoms with Crippen molar-refractivity contribution in [2.45, 2.75) is 6.18 Å². The molecule has 1 aliphatic heterocycles. The van der Waals surface area contributed by atoms with E-state index in [1.165, 1.54) is 0 Å². The van der Waals surface area contributed by atoms with Crippen molar-refractivity contribution in [3.05, 3.63) is 40.0 Å². The molecule has 2 amide bonds. The molecule has 1 N–H and O–H groups in total. The Labute approximate surface area is 108 Å². The van der Waals surface area contributed by atoms with Crippen LogP contribution in [0.5, 0.6) is 0 Å². The maximum atomic E-state index is 12.9. The van der Waals surface area contributed by atoms with Gasteiger partial charge in [0.15, 0.2) is 0 Å². The van der Waals surface area contributed by atoms with E-state index in [1.807, 2.05) is 5.32 Å². The summed E-state index contributed by atoms with van der Waals surface area (Å²) in [5.74, 6) is -1.80. The van der Waals surface area contributed by atoms with E-state index in [0.717, 1.165) is 18.2 Å². The standard InChI is InChI=1S/C11H5F4NO2S/c12-6-2-1-5(7(4-6)11(13,14)15)3-8-9(17)16-10(18)19-8/h1-4H,(H,16,17,18). The van der Waals surface area contributed by atoms with Gasteiger partial charge in [-0.3, -0.25) is 14.9 Å². The Morgan fingerprint density at radius 3 is 2.42 bits per heavy atom. The molecule has 0 atom stereocenters. The fraction of sp³-hybridized carbons (Fsp3) is 0.0909. The number of hydrogen-bond acceptors (Lipinski definition) is 3. The van der Waals surface area contributed by atoms with E-state index in [2.05, 4.69) is 0 Å². The van der Waals surface area contributed by atoms with Gasteiger partial charge in [-0.25, -0.2) is 4.39 Å². The quantitative estimate of drug-likeness (QED) is 0.638. The largest absolute Gasteiger partial charge is 0.417 e. The Kier molecular flexibility index (Phi) is 3.36. The molecule has 1 saturated heterocycles. The summed E-state index contributed by atoms with van der Waals surface area (Å²) >= 11 is 0.492. The molecule has 1 fully saturated rings. The van der Waals surface area contributed by atoms with Crippen molar-refractivity contribution in [2.24, 2.45) is 0 Å². The van der Waals surface area contributed by atoms with E-state index >= 15 is 0 Å². The average molecular weight is 291 g/mol. The lowest BCUT2D eigenvalue weighted by Gasteiger charge is -2.10. The second-order valence-corrected chi connectivity index (χ2v) is 4.60. The summed E-state index contributed by atoms with van der Waals surface area (Å²) in [6, 6.07) is 2.09. The van der Waals surface area contributed by atoms with Gasteiger partial charge >= 0.3 is 6.18 Å². The number of amides is 2. The van der Waals surface area contributed by atoms with Crippen molar-refractivity contribution < 1.29 is 27.2 Å². The second kappa shape index (κ2) is 4.69. The van der Waals surface area contributed by atoms with Crippen LogP contribution in [0.3, 0.4) is 0 Å². The van der Waals surface area contributed by atoms with Crippen LogP contribution in [0.2, 0.25) is 0 Å². The lowest BCUT2D eigenvalue weighted by molar-refractivity contribution is -0.138. The van der Waals surface area contributed by atoms with E-state index in [0.29, 0.717) is 17.8 Å². The zero-order valence-corrected chi connectivity index (χ0v) is 9.86. The van der Waals surface area contributed by atoms with Gasteiger partial charge in [0.25, 0.3) is 11.1 Å². The minimum atomic E-state index is -4.75. The van der Waals surface area contributed by atoms with Crippen LogP contribution in [0, 0.1) is 5.82 Å². The summed E-state index contributed by atoms with van der Waals surface area (Å²) < 4.78 is 51.0. The van der Waals surface area contributed by atoms with Crippen molar-refractivity contribution in [3.8, 4) is 0 Å². The maximum absolute atomic E-state index is 12.9. The molecule has 19 heavy (non-hydrogen) atoms. The molecule has 0 spiro atoms. The van der Waals surface area contributed by atoms with Gasteiger partial charge in [0.1, 0.15) is 5.82 Å². The van der Waals surface area contributed by atoms with Gasteiger partial charge in [0, 0.05) is 0 Å². The highest BCUT2D eigenvalue weighted by Gasteiger charge is 2.34. The molecule has 0 bridgehead atoms. The minimum absolute atomic E-state index is 0.165. The molecule has 100 valence electrons. The smallest absolute Gasteiger partial charge is 0.282 e. The summed E-state index contributed by atoms with van der Waals surface area (Å²) in [4.78, 5) is 22.0. The SMILES string of the molecule is O=C1NC(=O)C(=Cc2ccc(F)cc2C(F)(F)F)S1. The first-order chi connectivity index (χ1) is 8.77. The topological polar surface area (TPSA) is 46.2 Å². The molecular formula is C11H5F4NO2S. The Morgan fingerprint density at radius 1 is 1.21 bits per heavy atom. The molecule has 0 aliphatic carbocycles. The number of carbonyl (C=O) groups is 2. The van der Waals surface area contributed by atoms with Gasteiger partial charge in [-0.1, -0.05) is 6.07 Å². The lowest BCUT2D eigenvalue weighted by Crippen LogP contribution is -2.18. The number of rotatable bonds is 1.